The molecule has 4 heteroatoms. The molecule has 0 spiro atoms. The number of benzene rings is 2. The fourth-order valence-corrected chi connectivity index (χ4v) is 3.74. The second-order valence-electron chi connectivity index (χ2n) is 5.16. The molecule has 0 atom stereocenters. The van der Waals surface area contributed by atoms with Crippen LogP contribution in [-0.2, 0) is 6.54 Å². The Kier molecular flexibility index (Phi) is 4.88. The second-order valence-corrected chi connectivity index (χ2v) is 7.16. The van der Waals surface area contributed by atoms with Gasteiger partial charge in [0.2, 0.25) is 0 Å². The summed E-state index contributed by atoms with van der Waals surface area (Å²) < 4.78 is 6.55. The topological polar surface area (TPSA) is 21.3 Å². The number of methoxy groups -OCH3 is 1. The number of rotatable bonds is 6. The lowest BCUT2D eigenvalue weighted by Gasteiger charge is -2.12. The third kappa shape index (κ3) is 4.02. The highest BCUT2D eigenvalue weighted by Crippen LogP contribution is 2.37. The maximum atomic E-state index is 5.45. The quantitative estimate of drug-likeness (QED) is 0.791. The number of para-hydroxylation sites is 1. The van der Waals surface area contributed by atoms with Crippen molar-refractivity contribution < 1.29 is 4.74 Å². The Balaban J connectivity index is 1.83. The average molecular weight is 364 g/mol. The molecule has 2 aromatic carbocycles. The van der Waals surface area contributed by atoms with E-state index >= 15 is 0 Å². The Hall–Kier alpha value is -0.970. The lowest BCUT2D eigenvalue weighted by Crippen LogP contribution is -2.15. The first-order valence-electron chi connectivity index (χ1n) is 7.09. The van der Waals surface area contributed by atoms with E-state index in [0.29, 0.717) is 0 Å². The van der Waals surface area contributed by atoms with Gasteiger partial charge in [-0.15, -0.1) is 0 Å². The summed E-state index contributed by atoms with van der Waals surface area (Å²) in [6.07, 6.45) is 2.62. The van der Waals surface area contributed by atoms with Gasteiger partial charge in [-0.3, -0.25) is 0 Å². The molecule has 0 saturated heterocycles. The SMILES string of the molecule is COc1ccccc1Sc1cc(Br)ccc1CNC1CC1. The molecule has 2 aromatic rings. The van der Waals surface area contributed by atoms with Gasteiger partial charge in [-0.25, -0.2) is 0 Å². The maximum absolute atomic E-state index is 5.45. The van der Waals surface area contributed by atoms with Crippen LogP contribution in [0.5, 0.6) is 5.75 Å². The van der Waals surface area contributed by atoms with Crippen molar-refractivity contribution in [1.29, 1.82) is 0 Å². The van der Waals surface area contributed by atoms with Gasteiger partial charge in [0, 0.05) is 22.0 Å². The summed E-state index contributed by atoms with van der Waals surface area (Å²) in [6, 6.07) is 15.3. The van der Waals surface area contributed by atoms with Crippen LogP contribution in [0, 0.1) is 0 Å². The molecule has 1 fully saturated rings. The van der Waals surface area contributed by atoms with Gasteiger partial charge in [-0.05, 0) is 42.7 Å². The molecule has 0 amide bonds. The van der Waals surface area contributed by atoms with E-state index in [1.54, 1.807) is 18.9 Å². The summed E-state index contributed by atoms with van der Waals surface area (Å²) in [5, 5.41) is 3.59. The van der Waals surface area contributed by atoms with Crippen LogP contribution in [0.4, 0.5) is 0 Å². The third-order valence-corrected chi connectivity index (χ3v) is 5.13. The van der Waals surface area contributed by atoms with E-state index in [2.05, 4.69) is 45.5 Å². The van der Waals surface area contributed by atoms with Crippen LogP contribution in [0.25, 0.3) is 0 Å². The van der Waals surface area contributed by atoms with Gasteiger partial charge in [0.25, 0.3) is 0 Å². The van der Waals surface area contributed by atoms with Gasteiger partial charge >= 0.3 is 0 Å². The highest BCUT2D eigenvalue weighted by molar-refractivity contribution is 9.10. The van der Waals surface area contributed by atoms with Crippen LogP contribution in [-0.4, -0.2) is 13.2 Å². The number of hydrogen-bond donors (Lipinski definition) is 1. The number of ether oxygens (including phenoxy) is 1. The second kappa shape index (κ2) is 6.86. The van der Waals surface area contributed by atoms with Crippen LogP contribution in [0.2, 0.25) is 0 Å². The lowest BCUT2D eigenvalue weighted by atomic mass is 10.2. The molecule has 21 heavy (non-hydrogen) atoms. The predicted octanol–water partition coefficient (Wildman–Crippen LogP) is 4.86. The Morgan fingerprint density at radius 1 is 1.19 bits per heavy atom. The molecule has 1 aliphatic carbocycles. The third-order valence-electron chi connectivity index (χ3n) is 3.48. The van der Waals surface area contributed by atoms with E-state index in [0.717, 1.165) is 27.7 Å². The fraction of sp³-hybridized carbons (Fsp3) is 0.294. The molecule has 0 heterocycles. The molecule has 3 rings (SSSR count). The molecular formula is C17H18BrNOS. The molecule has 0 unspecified atom stereocenters. The van der Waals surface area contributed by atoms with Crippen LogP contribution < -0.4 is 10.1 Å². The maximum Gasteiger partial charge on any atom is 0.132 e. The highest BCUT2D eigenvalue weighted by atomic mass is 79.9. The molecular weight excluding hydrogens is 346 g/mol. The smallest absolute Gasteiger partial charge is 0.132 e. The van der Waals surface area contributed by atoms with E-state index in [-0.39, 0.29) is 0 Å². The van der Waals surface area contributed by atoms with Gasteiger partial charge < -0.3 is 10.1 Å². The molecule has 0 bridgehead atoms. The van der Waals surface area contributed by atoms with Crippen molar-refractivity contribution in [2.75, 3.05) is 7.11 Å². The van der Waals surface area contributed by atoms with Crippen molar-refractivity contribution in [3.05, 3.63) is 52.5 Å². The first-order valence-corrected chi connectivity index (χ1v) is 8.70. The Morgan fingerprint density at radius 2 is 2.00 bits per heavy atom. The molecule has 2 nitrogen and oxygen atoms in total. The molecule has 0 aromatic heterocycles. The summed E-state index contributed by atoms with van der Waals surface area (Å²) in [5.74, 6) is 0.920. The summed E-state index contributed by atoms with van der Waals surface area (Å²) in [7, 11) is 1.72. The highest BCUT2D eigenvalue weighted by Gasteiger charge is 2.20. The first kappa shape index (κ1) is 14.9. The molecule has 1 aliphatic rings. The Labute approximate surface area is 138 Å². The Morgan fingerprint density at radius 3 is 2.76 bits per heavy atom. The normalized spacial score (nSPS) is 14.2. The lowest BCUT2D eigenvalue weighted by molar-refractivity contribution is 0.405. The monoisotopic (exact) mass is 363 g/mol. The predicted molar refractivity (Wildman–Crippen MR) is 91.1 cm³/mol. The largest absolute Gasteiger partial charge is 0.496 e. The molecule has 1 saturated carbocycles. The molecule has 1 N–H and O–H groups in total. The number of halogens is 1. The van der Waals surface area contributed by atoms with Crippen LogP contribution in [0.1, 0.15) is 18.4 Å². The van der Waals surface area contributed by atoms with Crippen molar-refractivity contribution in [2.24, 2.45) is 0 Å². The van der Waals surface area contributed by atoms with Gasteiger partial charge in [0.05, 0.1) is 12.0 Å². The number of nitrogens with one attached hydrogen (secondary N) is 1. The van der Waals surface area contributed by atoms with Crippen molar-refractivity contribution >= 4 is 27.7 Å². The van der Waals surface area contributed by atoms with E-state index in [9.17, 15) is 0 Å². The summed E-state index contributed by atoms with van der Waals surface area (Å²) in [6.45, 7) is 0.926. The van der Waals surface area contributed by atoms with Gasteiger partial charge in [0.15, 0.2) is 0 Å². The molecule has 0 aliphatic heterocycles. The van der Waals surface area contributed by atoms with E-state index in [1.807, 2.05) is 18.2 Å². The van der Waals surface area contributed by atoms with Crippen molar-refractivity contribution in [3.63, 3.8) is 0 Å². The minimum absolute atomic E-state index is 0.720. The molecule has 0 radical (unpaired) electrons. The average Bonchev–Trinajstić information content (AvgIpc) is 3.31. The first-order chi connectivity index (χ1) is 10.3. The van der Waals surface area contributed by atoms with Gasteiger partial charge in [0.1, 0.15) is 5.75 Å². The summed E-state index contributed by atoms with van der Waals surface area (Å²) in [5.41, 5.74) is 1.33. The zero-order chi connectivity index (χ0) is 14.7. The van der Waals surface area contributed by atoms with Crippen molar-refractivity contribution in [3.8, 4) is 5.75 Å². The van der Waals surface area contributed by atoms with Crippen molar-refractivity contribution in [2.45, 2.75) is 35.2 Å². The van der Waals surface area contributed by atoms with Crippen LogP contribution in [0.3, 0.4) is 0 Å². The van der Waals surface area contributed by atoms with Gasteiger partial charge in [-0.2, -0.15) is 0 Å². The summed E-state index contributed by atoms with van der Waals surface area (Å²) >= 11 is 5.33. The van der Waals surface area contributed by atoms with Crippen molar-refractivity contribution in [1.82, 2.24) is 5.32 Å². The minimum atomic E-state index is 0.720. The fourth-order valence-electron chi connectivity index (χ4n) is 2.13. The zero-order valence-electron chi connectivity index (χ0n) is 11.9. The van der Waals surface area contributed by atoms with E-state index < -0.39 is 0 Å². The van der Waals surface area contributed by atoms with E-state index in [4.69, 9.17) is 4.74 Å². The summed E-state index contributed by atoms with van der Waals surface area (Å²) in [4.78, 5) is 2.41. The van der Waals surface area contributed by atoms with Gasteiger partial charge in [-0.1, -0.05) is 45.9 Å². The molecule has 110 valence electrons. The standard InChI is InChI=1S/C17H18BrNOS/c1-20-15-4-2-3-5-16(15)21-17-10-13(18)7-6-12(17)11-19-14-8-9-14/h2-7,10,14,19H,8-9,11H2,1H3. The van der Waals surface area contributed by atoms with Crippen LogP contribution >= 0.6 is 27.7 Å². The minimum Gasteiger partial charge on any atom is -0.496 e. The number of hydrogen-bond acceptors (Lipinski definition) is 3. The van der Waals surface area contributed by atoms with E-state index in [1.165, 1.54) is 23.3 Å². The van der Waals surface area contributed by atoms with Crippen LogP contribution in [0.15, 0.2) is 56.7 Å². The zero-order valence-corrected chi connectivity index (χ0v) is 14.3. The Bertz CT molecular complexity index is 628.